The fraction of sp³-hybridized carbons (Fsp3) is 0.600. The van der Waals surface area contributed by atoms with Crippen molar-refractivity contribution in [2.75, 3.05) is 27.0 Å². The normalized spacial score (nSPS) is 12.0. The van der Waals surface area contributed by atoms with Crippen molar-refractivity contribution in [3.8, 4) is 11.5 Å². The van der Waals surface area contributed by atoms with Crippen LogP contribution in [0.3, 0.4) is 0 Å². The van der Waals surface area contributed by atoms with Crippen LogP contribution in [0.1, 0.15) is 25.8 Å². The summed E-state index contributed by atoms with van der Waals surface area (Å²) in [5, 5.41) is 0. The zero-order valence-electron chi connectivity index (χ0n) is 13.4. The van der Waals surface area contributed by atoms with Gasteiger partial charge in [0.2, 0.25) is 10.0 Å². The lowest BCUT2D eigenvalue weighted by molar-refractivity contribution is 0.359. The lowest BCUT2D eigenvalue weighted by Gasteiger charge is -2.22. The molecule has 0 saturated heterocycles. The minimum atomic E-state index is -3.25. The number of methoxy groups -OCH3 is 2. The summed E-state index contributed by atoms with van der Waals surface area (Å²) in [7, 11) is -0.103. The van der Waals surface area contributed by atoms with Crippen molar-refractivity contribution in [3.63, 3.8) is 0 Å². The summed E-state index contributed by atoms with van der Waals surface area (Å²) in [6.07, 6.45) is 2.06. The van der Waals surface area contributed by atoms with E-state index in [-0.39, 0.29) is 0 Å². The van der Waals surface area contributed by atoms with Crippen LogP contribution in [0.5, 0.6) is 11.5 Å². The summed E-state index contributed by atoms with van der Waals surface area (Å²) in [5.74, 6) is 1.77. The molecule has 0 amide bonds. The predicted molar refractivity (Wildman–Crippen MR) is 84.3 cm³/mol. The molecule has 5 nitrogen and oxygen atoms in total. The molecule has 0 aliphatic carbocycles. The molecule has 120 valence electrons. The molecule has 0 aliphatic heterocycles. The average Bonchev–Trinajstić information content (AvgIpc) is 2.41. The third-order valence-corrected chi connectivity index (χ3v) is 4.52. The Morgan fingerprint density at radius 3 is 2.33 bits per heavy atom. The van der Waals surface area contributed by atoms with E-state index in [1.165, 1.54) is 10.6 Å². The monoisotopic (exact) mass is 315 g/mol. The maximum atomic E-state index is 11.9. The molecule has 0 aromatic heterocycles. The van der Waals surface area contributed by atoms with Gasteiger partial charge in [-0.05, 0) is 18.4 Å². The van der Waals surface area contributed by atoms with Gasteiger partial charge in [-0.3, -0.25) is 0 Å². The van der Waals surface area contributed by atoms with Gasteiger partial charge >= 0.3 is 0 Å². The van der Waals surface area contributed by atoms with Crippen LogP contribution < -0.4 is 9.47 Å². The third-order valence-electron chi connectivity index (χ3n) is 3.27. The van der Waals surface area contributed by atoms with Crippen molar-refractivity contribution >= 4 is 10.0 Å². The molecule has 1 rings (SSSR count). The maximum Gasteiger partial charge on any atom is 0.211 e. The summed E-state index contributed by atoms with van der Waals surface area (Å²) in [6.45, 7) is 4.97. The van der Waals surface area contributed by atoms with Gasteiger partial charge in [0.05, 0.1) is 20.5 Å². The fourth-order valence-corrected chi connectivity index (χ4v) is 2.75. The Balaban J connectivity index is 2.98. The van der Waals surface area contributed by atoms with E-state index in [9.17, 15) is 8.42 Å². The Hall–Kier alpha value is -1.27. The average molecular weight is 315 g/mol. The van der Waals surface area contributed by atoms with E-state index in [0.717, 1.165) is 12.0 Å². The summed E-state index contributed by atoms with van der Waals surface area (Å²) in [6, 6.07) is 5.41. The molecule has 0 atom stereocenters. The van der Waals surface area contributed by atoms with Crippen LogP contribution in [-0.2, 0) is 16.6 Å². The molecule has 6 heteroatoms. The lowest BCUT2D eigenvalue weighted by Crippen LogP contribution is -2.31. The zero-order valence-corrected chi connectivity index (χ0v) is 14.2. The molecule has 0 aliphatic rings. The molecule has 0 saturated carbocycles. The van der Waals surface area contributed by atoms with Crippen LogP contribution in [0.15, 0.2) is 18.2 Å². The first-order chi connectivity index (χ1) is 9.77. The molecule has 1 aromatic rings. The second kappa shape index (κ2) is 7.66. The first kappa shape index (κ1) is 17.8. The van der Waals surface area contributed by atoms with E-state index >= 15 is 0 Å². The van der Waals surface area contributed by atoms with Gasteiger partial charge in [0.1, 0.15) is 11.5 Å². The summed E-state index contributed by atoms with van der Waals surface area (Å²) >= 11 is 0. The van der Waals surface area contributed by atoms with Crippen molar-refractivity contribution < 1.29 is 17.9 Å². The number of benzene rings is 1. The molecule has 0 unspecified atom stereocenters. The Morgan fingerprint density at radius 1 is 1.19 bits per heavy atom. The Labute approximate surface area is 127 Å². The molecule has 0 heterocycles. The third kappa shape index (κ3) is 5.55. The molecular formula is C15H25NO4S. The first-order valence-electron chi connectivity index (χ1n) is 6.94. The highest BCUT2D eigenvalue weighted by atomic mass is 32.2. The fourth-order valence-electron chi connectivity index (χ4n) is 1.94. The molecular weight excluding hydrogens is 290 g/mol. The first-order valence-corrected chi connectivity index (χ1v) is 8.78. The van der Waals surface area contributed by atoms with E-state index < -0.39 is 10.0 Å². The number of sulfonamides is 1. The Kier molecular flexibility index (Phi) is 6.48. The Morgan fingerprint density at radius 2 is 1.86 bits per heavy atom. The largest absolute Gasteiger partial charge is 0.497 e. The molecule has 1 aromatic carbocycles. The van der Waals surface area contributed by atoms with Gasteiger partial charge in [0.15, 0.2) is 0 Å². The topological polar surface area (TPSA) is 55.8 Å². The van der Waals surface area contributed by atoms with Crippen LogP contribution in [0.25, 0.3) is 0 Å². The van der Waals surface area contributed by atoms with Crippen LogP contribution in [0, 0.1) is 5.92 Å². The molecule has 0 bridgehead atoms. The van der Waals surface area contributed by atoms with Crippen LogP contribution in [0.2, 0.25) is 0 Å². The van der Waals surface area contributed by atoms with Gasteiger partial charge in [-0.1, -0.05) is 19.9 Å². The highest BCUT2D eigenvalue weighted by Gasteiger charge is 2.19. The molecule has 0 fully saturated rings. The number of hydrogen-bond donors (Lipinski definition) is 0. The molecule has 21 heavy (non-hydrogen) atoms. The van der Waals surface area contributed by atoms with E-state index in [2.05, 4.69) is 13.8 Å². The van der Waals surface area contributed by atoms with Gasteiger partial charge < -0.3 is 9.47 Å². The Bertz CT molecular complexity index is 555. The van der Waals surface area contributed by atoms with Crippen molar-refractivity contribution in [1.82, 2.24) is 4.31 Å². The summed E-state index contributed by atoms with van der Waals surface area (Å²) in [5.41, 5.74) is 0.826. The predicted octanol–water partition coefficient (Wildman–Crippen LogP) is 2.51. The van der Waals surface area contributed by atoms with Crippen LogP contribution in [0.4, 0.5) is 0 Å². The number of hydrogen-bond acceptors (Lipinski definition) is 4. The molecule has 0 radical (unpaired) electrons. The highest BCUT2D eigenvalue weighted by Crippen LogP contribution is 2.26. The highest BCUT2D eigenvalue weighted by molar-refractivity contribution is 7.88. The molecule has 0 spiro atoms. The van der Waals surface area contributed by atoms with Crippen molar-refractivity contribution in [1.29, 1.82) is 0 Å². The lowest BCUT2D eigenvalue weighted by atomic mass is 10.1. The summed E-state index contributed by atoms with van der Waals surface area (Å²) in [4.78, 5) is 0. The summed E-state index contributed by atoms with van der Waals surface area (Å²) < 4.78 is 35.8. The van der Waals surface area contributed by atoms with Gasteiger partial charge in [0, 0.05) is 24.7 Å². The maximum absolute atomic E-state index is 11.9. The van der Waals surface area contributed by atoms with Gasteiger partial charge in [0.25, 0.3) is 0 Å². The SMILES string of the molecule is COc1ccc(CN(CCC(C)C)S(C)(=O)=O)c(OC)c1. The minimum absolute atomic E-state index is 0.304. The van der Waals surface area contributed by atoms with Gasteiger partial charge in [-0.15, -0.1) is 0 Å². The van der Waals surface area contributed by atoms with Crippen LogP contribution >= 0.6 is 0 Å². The minimum Gasteiger partial charge on any atom is -0.497 e. The van der Waals surface area contributed by atoms with Gasteiger partial charge in [-0.25, -0.2) is 8.42 Å². The number of ether oxygens (including phenoxy) is 2. The smallest absolute Gasteiger partial charge is 0.211 e. The standard InChI is InChI=1S/C15H25NO4S/c1-12(2)8-9-16(21(5,17)18)11-13-6-7-14(19-3)10-15(13)20-4/h6-7,10,12H,8-9,11H2,1-5H3. The van der Waals surface area contributed by atoms with E-state index in [1.807, 2.05) is 6.07 Å². The van der Waals surface area contributed by atoms with E-state index in [4.69, 9.17) is 9.47 Å². The zero-order chi connectivity index (χ0) is 16.0. The second-order valence-corrected chi connectivity index (χ2v) is 7.44. The van der Waals surface area contributed by atoms with Crippen molar-refractivity contribution in [2.45, 2.75) is 26.8 Å². The number of nitrogens with zero attached hydrogens (tertiary/aromatic N) is 1. The second-order valence-electron chi connectivity index (χ2n) is 5.46. The quantitative estimate of drug-likeness (QED) is 0.739. The van der Waals surface area contributed by atoms with E-state index in [0.29, 0.717) is 30.5 Å². The van der Waals surface area contributed by atoms with Crippen LogP contribution in [-0.4, -0.2) is 39.7 Å². The number of rotatable bonds is 8. The van der Waals surface area contributed by atoms with Crippen molar-refractivity contribution in [2.24, 2.45) is 5.92 Å². The van der Waals surface area contributed by atoms with Crippen molar-refractivity contribution in [3.05, 3.63) is 23.8 Å². The van der Waals surface area contributed by atoms with E-state index in [1.54, 1.807) is 26.4 Å². The molecule has 0 N–H and O–H groups in total. The van der Waals surface area contributed by atoms with Gasteiger partial charge in [-0.2, -0.15) is 4.31 Å².